The standard InChI is InChI=1S/C18H16ClN3O5/c19-12-8-16-15(26-10-27-16)7-11(12)9-25-18(24)20-5-6-22-14-4-2-1-3-13(14)21-17(22)23/h1-4,7-8H,5-6,9-10H2,(H,20,24)(H,21,23). The summed E-state index contributed by atoms with van der Waals surface area (Å²) in [5.41, 5.74) is 1.93. The maximum absolute atomic E-state index is 12.0. The fourth-order valence-electron chi connectivity index (χ4n) is 2.86. The maximum Gasteiger partial charge on any atom is 0.407 e. The largest absolute Gasteiger partial charge is 0.454 e. The first-order valence-corrected chi connectivity index (χ1v) is 8.66. The van der Waals surface area contributed by atoms with Crippen molar-refractivity contribution in [3.05, 3.63) is 57.5 Å². The highest BCUT2D eigenvalue weighted by molar-refractivity contribution is 6.31. The van der Waals surface area contributed by atoms with Gasteiger partial charge in [0.05, 0.1) is 16.1 Å². The Balaban J connectivity index is 1.31. The number of amides is 1. The van der Waals surface area contributed by atoms with E-state index >= 15 is 0 Å². The van der Waals surface area contributed by atoms with Crippen LogP contribution in [-0.2, 0) is 17.9 Å². The van der Waals surface area contributed by atoms with Gasteiger partial charge in [-0.15, -0.1) is 0 Å². The molecule has 0 aliphatic carbocycles. The van der Waals surface area contributed by atoms with E-state index in [4.69, 9.17) is 25.8 Å². The van der Waals surface area contributed by atoms with Crippen LogP contribution in [0.1, 0.15) is 5.56 Å². The average Bonchev–Trinajstić information content (AvgIpc) is 3.23. The fourth-order valence-corrected chi connectivity index (χ4v) is 3.07. The van der Waals surface area contributed by atoms with E-state index in [2.05, 4.69) is 10.3 Å². The van der Waals surface area contributed by atoms with Crippen molar-refractivity contribution in [1.82, 2.24) is 14.9 Å². The Labute approximate surface area is 158 Å². The van der Waals surface area contributed by atoms with Gasteiger partial charge in [0.1, 0.15) is 6.61 Å². The van der Waals surface area contributed by atoms with Crippen LogP contribution in [0.3, 0.4) is 0 Å². The van der Waals surface area contributed by atoms with Crippen molar-refractivity contribution in [2.45, 2.75) is 13.2 Å². The molecule has 0 saturated carbocycles. The highest BCUT2D eigenvalue weighted by Crippen LogP contribution is 2.36. The van der Waals surface area contributed by atoms with Crippen LogP contribution in [0.2, 0.25) is 5.02 Å². The number of H-pyrrole nitrogens is 1. The molecule has 0 fully saturated rings. The maximum atomic E-state index is 12.0. The predicted molar refractivity (Wildman–Crippen MR) is 98.3 cm³/mol. The van der Waals surface area contributed by atoms with Crippen LogP contribution in [0.15, 0.2) is 41.2 Å². The lowest BCUT2D eigenvalue weighted by molar-refractivity contribution is 0.139. The summed E-state index contributed by atoms with van der Waals surface area (Å²) in [5.74, 6) is 1.13. The van der Waals surface area contributed by atoms with E-state index in [1.165, 1.54) is 0 Å². The molecular weight excluding hydrogens is 374 g/mol. The van der Waals surface area contributed by atoms with Crippen molar-refractivity contribution < 1.29 is 19.0 Å². The number of nitrogens with one attached hydrogen (secondary N) is 2. The summed E-state index contributed by atoms with van der Waals surface area (Å²) in [6, 6.07) is 10.7. The lowest BCUT2D eigenvalue weighted by Gasteiger charge is -2.09. The molecule has 27 heavy (non-hydrogen) atoms. The number of rotatable bonds is 5. The van der Waals surface area contributed by atoms with Crippen LogP contribution in [0.5, 0.6) is 11.5 Å². The van der Waals surface area contributed by atoms with Crippen molar-refractivity contribution in [2.75, 3.05) is 13.3 Å². The number of benzene rings is 2. The number of hydrogen-bond donors (Lipinski definition) is 2. The number of carbonyl (C=O) groups is 1. The molecule has 0 atom stereocenters. The molecule has 1 amide bonds. The summed E-state index contributed by atoms with van der Waals surface area (Å²) in [4.78, 5) is 26.7. The second-order valence-electron chi connectivity index (χ2n) is 5.90. The Morgan fingerprint density at radius 2 is 2.04 bits per heavy atom. The molecule has 1 aromatic heterocycles. The first kappa shape index (κ1) is 17.3. The summed E-state index contributed by atoms with van der Waals surface area (Å²) < 4.78 is 17.3. The Morgan fingerprint density at radius 3 is 2.89 bits per heavy atom. The average molecular weight is 390 g/mol. The highest BCUT2D eigenvalue weighted by atomic mass is 35.5. The summed E-state index contributed by atoms with van der Waals surface area (Å²) in [6.45, 7) is 0.705. The number of imidazole rings is 1. The van der Waals surface area contributed by atoms with E-state index < -0.39 is 6.09 Å². The van der Waals surface area contributed by atoms with Crippen molar-refractivity contribution >= 4 is 28.7 Å². The van der Waals surface area contributed by atoms with Gasteiger partial charge in [0, 0.05) is 24.7 Å². The Morgan fingerprint density at radius 1 is 1.26 bits per heavy atom. The minimum absolute atomic E-state index is 0.00561. The number of nitrogens with zero attached hydrogens (tertiary/aromatic N) is 1. The first-order valence-electron chi connectivity index (χ1n) is 8.28. The quantitative estimate of drug-likeness (QED) is 0.699. The number of aromatic nitrogens is 2. The molecule has 8 nitrogen and oxygen atoms in total. The smallest absolute Gasteiger partial charge is 0.407 e. The Kier molecular flexibility index (Phi) is 4.64. The zero-order valence-electron chi connectivity index (χ0n) is 14.2. The summed E-state index contributed by atoms with van der Waals surface area (Å²) in [7, 11) is 0. The molecule has 0 radical (unpaired) electrons. The number of halogens is 1. The zero-order valence-corrected chi connectivity index (χ0v) is 14.9. The van der Waals surface area contributed by atoms with Crippen LogP contribution in [0, 0.1) is 0 Å². The molecule has 2 aromatic carbocycles. The van der Waals surface area contributed by atoms with Gasteiger partial charge in [-0.1, -0.05) is 23.7 Å². The molecule has 0 unspecified atom stereocenters. The van der Waals surface area contributed by atoms with E-state index in [0.29, 0.717) is 28.6 Å². The van der Waals surface area contributed by atoms with Gasteiger partial charge in [0.2, 0.25) is 6.79 Å². The number of para-hydroxylation sites is 2. The lowest BCUT2D eigenvalue weighted by atomic mass is 10.2. The predicted octanol–water partition coefficient (Wildman–Crippen LogP) is 2.64. The van der Waals surface area contributed by atoms with Crippen LogP contribution >= 0.6 is 11.6 Å². The van der Waals surface area contributed by atoms with Gasteiger partial charge >= 0.3 is 11.8 Å². The molecule has 4 rings (SSSR count). The Bertz CT molecular complexity index is 1060. The van der Waals surface area contributed by atoms with E-state index in [1.807, 2.05) is 24.3 Å². The third-order valence-corrected chi connectivity index (χ3v) is 4.54. The van der Waals surface area contributed by atoms with Gasteiger partial charge in [-0.3, -0.25) is 4.57 Å². The number of aromatic amines is 1. The molecule has 2 heterocycles. The molecule has 9 heteroatoms. The normalized spacial score (nSPS) is 12.3. The van der Waals surface area contributed by atoms with Crippen molar-refractivity contribution in [1.29, 1.82) is 0 Å². The number of ether oxygens (including phenoxy) is 3. The molecule has 0 spiro atoms. The number of fused-ring (bicyclic) bond motifs is 2. The topological polar surface area (TPSA) is 94.6 Å². The van der Waals surface area contributed by atoms with E-state index in [1.54, 1.807) is 16.7 Å². The number of hydrogen-bond acceptors (Lipinski definition) is 5. The molecule has 140 valence electrons. The van der Waals surface area contributed by atoms with Crippen molar-refractivity contribution in [3.8, 4) is 11.5 Å². The second kappa shape index (κ2) is 7.24. The van der Waals surface area contributed by atoms with E-state index in [-0.39, 0.29) is 25.6 Å². The van der Waals surface area contributed by atoms with Crippen molar-refractivity contribution in [2.24, 2.45) is 0 Å². The van der Waals surface area contributed by atoms with Crippen molar-refractivity contribution in [3.63, 3.8) is 0 Å². The van der Waals surface area contributed by atoms with Gasteiger partial charge < -0.3 is 24.5 Å². The first-order chi connectivity index (χ1) is 13.1. The monoisotopic (exact) mass is 389 g/mol. The third-order valence-electron chi connectivity index (χ3n) is 4.19. The highest BCUT2D eigenvalue weighted by Gasteiger charge is 2.17. The Hall–Kier alpha value is -3.13. The van der Waals surface area contributed by atoms with Gasteiger partial charge in [0.25, 0.3) is 0 Å². The molecular formula is C18H16ClN3O5. The molecule has 3 aromatic rings. The summed E-state index contributed by atoms with van der Waals surface area (Å²) >= 11 is 6.15. The molecule has 2 N–H and O–H groups in total. The van der Waals surface area contributed by atoms with Gasteiger partial charge in [-0.2, -0.15) is 0 Å². The van der Waals surface area contributed by atoms with E-state index in [9.17, 15) is 9.59 Å². The summed E-state index contributed by atoms with van der Waals surface area (Å²) in [5, 5.41) is 3.05. The second-order valence-corrected chi connectivity index (χ2v) is 6.31. The third kappa shape index (κ3) is 3.56. The van der Waals surface area contributed by atoms with Crippen LogP contribution in [0.25, 0.3) is 11.0 Å². The fraction of sp³-hybridized carbons (Fsp3) is 0.222. The number of alkyl carbamates (subject to hydrolysis) is 1. The van der Waals surface area contributed by atoms with Crippen LogP contribution in [0.4, 0.5) is 4.79 Å². The van der Waals surface area contributed by atoms with Gasteiger partial charge in [-0.25, -0.2) is 9.59 Å². The minimum Gasteiger partial charge on any atom is -0.454 e. The minimum atomic E-state index is -0.600. The van der Waals surface area contributed by atoms with Crippen LogP contribution in [-0.4, -0.2) is 29.0 Å². The van der Waals surface area contributed by atoms with E-state index in [0.717, 1.165) is 11.0 Å². The summed E-state index contributed by atoms with van der Waals surface area (Å²) in [6.07, 6.45) is -0.600. The van der Waals surface area contributed by atoms with Gasteiger partial charge in [-0.05, 0) is 18.2 Å². The molecule has 1 aliphatic rings. The molecule has 0 bridgehead atoms. The number of carbonyl (C=O) groups excluding carboxylic acids is 1. The lowest BCUT2D eigenvalue weighted by Crippen LogP contribution is -2.30. The molecule has 1 aliphatic heterocycles. The SMILES string of the molecule is O=C(NCCn1c(=O)[nH]c2ccccc21)OCc1cc2c(cc1Cl)OCO2. The van der Waals surface area contributed by atoms with Crippen LogP contribution < -0.4 is 20.5 Å². The zero-order chi connectivity index (χ0) is 18.8. The van der Waals surface area contributed by atoms with Gasteiger partial charge in [0.15, 0.2) is 11.5 Å². The molecule has 0 saturated heterocycles.